The van der Waals surface area contributed by atoms with Crippen LogP contribution < -0.4 is 25.8 Å². The Morgan fingerprint density at radius 3 is 2.54 bits per heavy atom. The molecule has 2 aromatic heterocycles. The van der Waals surface area contributed by atoms with Crippen LogP contribution in [0.2, 0.25) is 0 Å². The number of nitrogens with zero attached hydrogens (tertiary/aromatic N) is 5. The molecule has 1 aliphatic heterocycles. The highest BCUT2D eigenvalue weighted by Gasteiger charge is 2.38. The van der Waals surface area contributed by atoms with Crippen LogP contribution in [0.4, 0.5) is 24.7 Å². The number of hydrazine groups is 1. The van der Waals surface area contributed by atoms with Crippen molar-refractivity contribution in [2.24, 2.45) is 5.92 Å². The number of carbonyl (C=O) groups excluding carboxylic acids is 2. The monoisotopic (exact) mass is 492 g/mol. The molecular weight excluding hydrogens is 469 g/mol. The average molecular weight is 492 g/mol. The Balaban J connectivity index is 1.26. The highest BCUT2D eigenvalue weighted by molar-refractivity contribution is 5.85. The van der Waals surface area contributed by atoms with E-state index in [9.17, 15) is 22.8 Å². The summed E-state index contributed by atoms with van der Waals surface area (Å²) in [6.45, 7) is 0.739. The second kappa shape index (κ2) is 10.0. The minimum Gasteiger partial charge on any atom is -0.495 e. The van der Waals surface area contributed by atoms with Gasteiger partial charge in [-0.05, 0) is 37.1 Å². The minimum atomic E-state index is -4.68. The summed E-state index contributed by atoms with van der Waals surface area (Å²) >= 11 is 0. The van der Waals surface area contributed by atoms with Gasteiger partial charge in [-0.3, -0.25) is 20.4 Å². The highest BCUT2D eigenvalue weighted by Crippen LogP contribution is 2.28. The van der Waals surface area contributed by atoms with Crippen LogP contribution in [-0.2, 0) is 15.8 Å². The molecule has 0 aliphatic carbocycles. The minimum absolute atomic E-state index is 0.00808. The molecule has 11 nitrogen and oxygen atoms in total. The van der Waals surface area contributed by atoms with Gasteiger partial charge in [-0.15, -0.1) is 15.3 Å². The van der Waals surface area contributed by atoms with Crippen molar-refractivity contribution in [1.29, 1.82) is 0 Å². The molecule has 3 N–H and O–H groups in total. The quantitative estimate of drug-likeness (QED) is 0.444. The lowest BCUT2D eigenvalue weighted by Gasteiger charge is -2.32. The molecule has 0 bridgehead atoms. The van der Waals surface area contributed by atoms with Gasteiger partial charge >= 0.3 is 6.18 Å². The maximum absolute atomic E-state index is 13.1. The summed E-state index contributed by atoms with van der Waals surface area (Å²) in [5.41, 5.74) is 5.44. The summed E-state index contributed by atoms with van der Waals surface area (Å²) in [7, 11) is 1.52. The van der Waals surface area contributed by atoms with Crippen molar-refractivity contribution in [2.75, 3.05) is 37.0 Å². The van der Waals surface area contributed by atoms with Crippen LogP contribution in [0, 0.1) is 5.92 Å². The molecule has 1 fully saturated rings. The van der Waals surface area contributed by atoms with Gasteiger partial charge in [0, 0.05) is 19.0 Å². The topological polar surface area (TPSA) is 126 Å². The van der Waals surface area contributed by atoms with Crippen LogP contribution in [0.5, 0.6) is 5.75 Å². The first-order valence-corrected chi connectivity index (χ1v) is 10.8. The fourth-order valence-corrected chi connectivity index (χ4v) is 3.74. The van der Waals surface area contributed by atoms with Crippen molar-refractivity contribution in [3.8, 4) is 5.75 Å². The Morgan fingerprint density at radius 1 is 1.09 bits per heavy atom. The SMILES string of the molecule is COc1ccccc1NCC(=O)NNC(=O)C1CCN(c2ccc3nnc(C(F)(F)F)n3n2)CC1. The van der Waals surface area contributed by atoms with Gasteiger partial charge in [0.05, 0.1) is 19.3 Å². The fourth-order valence-electron chi connectivity index (χ4n) is 3.74. The van der Waals surface area contributed by atoms with E-state index in [1.54, 1.807) is 35.2 Å². The van der Waals surface area contributed by atoms with Crippen molar-refractivity contribution >= 4 is 29.0 Å². The number of para-hydroxylation sites is 2. The second-order valence-electron chi connectivity index (χ2n) is 7.84. The zero-order valence-electron chi connectivity index (χ0n) is 18.7. The number of ether oxygens (including phenoxy) is 1. The zero-order chi connectivity index (χ0) is 25.0. The van der Waals surface area contributed by atoms with Crippen molar-refractivity contribution in [3.63, 3.8) is 0 Å². The number of halogens is 3. The molecule has 35 heavy (non-hydrogen) atoms. The predicted octanol–water partition coefficient (Wildman–Crippen LogP) is 1.63. The van der Waals surface area contributed by atoms with Crippen molar-refractivity contribution in [1.82, 2.24) is 30.7 Å². The fraction of sp³-hybridized carbons (Fsp3) is 0.381. The van der Waals surface area contributed by atoms with Crippen LogP contribution >= 0.6 is 0 Å². The first kappa shape index (κ1) is 24.0. The van der Waals surface area contributed by atoms with Crippen molar-refractivity contribution in [3.05, 3.63) is 42.2 Å². The number of alkyl halides is 3. The summed E-state index contributed by atoms with van der Waals surface area (Å²) in [6, 6.07) is 10.1. The Labute approximate surface area is 197 Å². The smallest absolute Gasteiger partial charge is 0.453 e. The lowest BCUT2D eigenvalue weighted by Crippen LogP contribution is -2.48. The Bertz CT molecular complexity index is 1210. The maximum Gasteiger partial charge on any atom is 0.453 e. The van der Waals surface area contributed by atoms with Crippen molar-refractivity contribution in [2.45, 2.75) is 19.0 Å². The third kappa shape index (κ3) is 5.53. The number of carbonyl (C=O) groups is 2. The van der Waals surface area contributed by atoms with E-state index >= 15 is 0 Å². The molecule has 0 saturated carbocycles. The molecule has 3 heterocycles. The Morgan fingerprint density at radius 2 is 1.83 bits per heavy atom. The molecule has 0 unspecified atom stereocenters. The van der Waals surface area contributed by atoms with Gasteiger partial charge in [-0.25, -0.2) is 0 Å². The van der Waals surface area contributed by atoms with E-state index in [4.69, 9.17) is 4.74 Å². The molecule has 1 saturated heterocycles. The highest BCUT2D eigenvalue weighted by atomic mass is 19.4. The molecule has 2 amide bonds. The molecule has 1 aliphatic rings. The maximum atomic E-state index is 13.1. The van der Waals surface area contributed by atoms with E-state index in [0.29, 0.717) is 47.7 Å². The van der Waals surface area contributed by atoms with E-state index < -0.39 is 17.9 Å². The Kier molecular flexibility index (Phi) is 6.89. The van der Waals surface area contributed by atoms with Crippen molar-refractivity contribution < 1.29 is 27.5 Å². The number of nitrogens with one attached hydrogen (secondary N) is 3. The molecule has 186 valence electrons. The number of fused-ring (bicyclic) bond motifs is 1. The van der Waals surface area contributed by atoms with Crippen LogP contribution in [0.3, 0.4) is 0 Å². The number of amides is 2. The van der Waals surface area contributed by atoms with Crippen LogP contribution in [0.15, 0.2) is 36.4 Å². The first-order chi connectivity index (χ1) is 16.8. The predicted molar refractivity (Wildman–Crippen MR) is 118 cm³/mol. The molecular formula is C21H23F3N8O3. The number of anilines is 2. The summed E-state index contributed by atoms with van der Waals surface area (Å²) in [5.74, 6) is -1.41. The largest absolute Gasteiger partial charge is 0.495 e. The first-order valence-electron chi connectivity index (χ1n) is 10.8. The molecule has 3 aromatic rings. The van der Waals surface area contributed by atoms with Crippen LogP contribution in [0.1, 0.15) is 18.7 Å². The number of hydrogen-bond donors (Lipinski definition) is 3. The number of hydrogen-bond acceptors (Lipinski definition) is 8. The third-order valence-corrected chi connectivity index (χ3v) is 5.56. The second-order valence-corrected chi connectivity index (χ2v) is 7.84. The summed E-state index contributed by atoms with van der Waals surface area (Å²) in [4.78, 5) is 26.3. The van der Waals surface area contributed by atoms with E-state index in [1.165, 1.54) is 13.2 Å². The number of piperidine rings is 1. The summed E-state index contributed by atoms with van der Waals surface area (Å²) < 4.78 is 45.2. The Hall–Kier alpha value is -4.10. The van der Waals surface area contributed by atoms with Gasteiger partial charge in [-0.1, -0.05) is 12.1 Å². The van der Waals surface area contributed by atoms with E-state index in [-0.39, 0.29) is 24.0 Å². The normalized spacial score (nSPS) is 14.6. The third-order valence-electron chi connectivity index (χ3n) is 5.56. The summed E-state index contributed by atoms with van der Waals surface area (Å²) in [5, 5.41) is 13.6. The van der Waals surface area contributed by atoms with Gasteiger partial charge in [0.1, 0.15) is 11.6 Å². The van der Waals surface area contributed by atoms with Gasteiger partial charge < -0.3 is 15.0 Å². The summed E-state index contributed by atoms with van der Waals surface area (Å²) in [6.07, 6.45) is -3.80. The molecule has 4 rings (SSSR count). The van der Waals surface area contributed by atoms with Gasteiger partial charge in [0.2, 0.25) is 5.91 Å². The average Bonchev–Trinajstić information content (AvgIpc) is 3.30. The molecule has 0 spiro atoms. The van der Waals surface area contributed by atoms with Gasteiger partial charge in [0.25, 0.3) is 11.7 Å². The zero-order valence-corrected chi connectivity index (χ0v) is 18.7. The number of methoxy groups -OCH3 is 1. The van der Waals surface area contributed by atoms with Gasteiger partial charge in [0.15, 0.2) is 5.65 Å². The standard InChI is InChI=1S/C21H23F3N8O3/c1-35-15-5-3-2-4-14(15)25-12-18(33)27-28-19(34)13-8-10-31(11-9-13)17-7-6-16-26-29-20(21(22,23)24)32(16)30-17/h2-7,13,25H,8-12H2,1H3,(H,27,33)(H,28,34). The van der Waals surface area contributed by atoms with E-state index in [2.05, 4.69) is 31.5 Å². The number of aromatic nitrogens is 4. The lowest BCUT2D eigenvalue weighted by molar-refractivity contribution is -0.146. The number of rotatable bonds is 6. The number of benzene rings is 1. The lowest BCUT2D eigenvalue weighted by atomic mass is 9.96. The molecule has 1 aromatic carbocycles. The molecule has 0 atom stereocenters. The molecule has 14 heteroatoms. The van der Waals surface area contributed by atoms with Gasteiger partial charge in [-0.2, -0.15) is 17.7 Å². The van der Waals surface area contributed by atoms with Crippen LogP contribution in [-0.4, -0.2) is 58.4 Å². The van der Waals surface area contributed by atoms with E-state index in [1.807, 2.05) is 0 Å². The van der Waals surface area contributed by atoms with E-state index in [0.717, 1.165) is 0 Å². The van der Waals surface area contributed by atoms with Crippen LogP contribution in [0.25, 0.3) is 5.65 Å². The molecule has 0 radical (unpaired) electrons.